The minimum Gasteiger partial charge on any atom is -0.462 e. The minimum absolute atomic E-state index is 0.0471. The van der Waals surface area contributed by atoms with Gasteiger partial charge in [0.15, 0.2) is 6.10 Å². The minimum atomic E-state index is -4.78. The number of unbranched alkanes of at least 4 members (excludes halogenated alkanes) is 13. The third-order valence-corrected chi connectivity index (χ3v) is 11.7. The number of ether oxygens (including phenoxy) is 3. The lowest BCUT2D eigenvalue weighted by molar-refractivity contribution is -0.161. The van der Waals surface area contributed by atoms with E-state index >= 15 is 0 Å². The zero-order chi connectivity index (χ0) is 51.3. The second kappa shape index (κ2) is 51.5. The summed E-state index contributed by atoms with van der Waals surface area (Å²) in [5.74, 6) is -1.63. The maximum Gasteiger partial charge on any atom is 0.472 e. The summed E-state index contributed by atoms with van der Waals surface area (Å²) in [7, 11) is -4.78. The molecule has 0 bridgehead atoms. The predicted molar refractivity (Wildman–Crippen MR) is 288 cm³/mol. The highest BCUT2D eigenvalue weighted by atomic mass is 31.2. The van der Waals surface area contributed by atoms with Crippen molar-refractivity contribution < 1.29 is 52.2 Å². The van der Waals surface area contributed by atoms with Crippen molar-refractivity contribution in [3.05, 3.63) is 109 Å². The molecule has 0 fully saturated rings. The number of phosphoric ester groups is 1. The molecule has 0 radical (unpaired) electrons. The number of carbonyl (C=O) groups excluding carboxylic acids is 3. The summed E-state index contributed by atoms with van der Waals surface area (Å²) in [5.41, 5.74) is 0. The SMILES string of the molecule is CC/C=C\C/C=C\C/C=C\C/C=C\C/C=C\CCCC(=O)OC(COC(=O)CCCCCCCCCCCCCCC)COP(=O)(O)OCC(CO)OC(=O)CC/C=C\C/C=C\C/C=C\C/C=C\CC. The smallest absolute Gasteiger partial charge is 0.462 e. The van der Waals surface area contributed by atoms with Crippen molar-refractivity contribution in [3.63, 3.8) is 0 Å². The number of carbonyl (C=O) groups is 3. The first-order chi connectivity index (χ1) is 34.2. The highest BCUT2D eigenvalue weighted by molar-refractivity contribution is 7.47. The normalized spacial score (nSPS) is 14.3. The molecule has 0 aliphatic heterocycles. The molecule has 0 saturated heterocycles. The van der Waals surface area contributed by atoms with Crippen LogP contribution in [0.2, 0.25) is 0 Å². The van der Waals surface area contributed by atoms with Crippen molar-refractivity contribution in [2.75, 3.05) is 26.4 Å². The van der Waals surface area contributed by atoms with Crippen LogP contribution in [0.15, 0.2) is 109 Å². The fourth-order valence-corrected chi connectivity index (χ4v) is 7.48. The second-order valence-electron chi connectivity index (χ2n) is 17.3. The van der Waals surface area contributed by atoms with E-state index in [1.807, 2.05) is 30.4 Å². The average Bonchev–Trinajstić information content (AvgIpc) is 3.35. The topological polar surface area (TPSA) is 155 Å². The molecule has 11 nitrogen and oxygen atoms in total. The molecule has 0 aromatic carbocycles. The monoisotopic (exact) mass is 999 g/mol. The van der Waals surface area contributed by atoms with Gasteiger partial charge in [-0.1, -0.05) is 207 Å². The summed E-state index contributed by atoms with van der Waals surface area (Å²) in [6, 6.07) is 0. The second-order valence-corrected chi connectivity index (χ2v) is 18.7. The van der Waals surface area contributed by atoms with E-state index in [4.69, 9.17) is 23.3 Å². The van der Waals surface area contributed by atoms with Gasteiger partial charge < -0.3 is 24.2 Å². The summed E-state index contributed by atoms with van der Waals surface area (Å²) in [5, 5.41) is 9.76. The number of esters is 3. The third kappa shape index (κ3) is 49.1. The largest absolute Gasteiger partial charge is 0.472 e. The molecule has 3 atom stereocenters. The van der Waals surface area contributed by atoms with Crippen molar-refractivity contribution in [2.24, 2.45) is 0 Å². The Morgan fingerprint density at radius 1 is 0.414 bits per heavy atom. The van der Waals surface area contributed by atoms with Crippen molar-refractivity contribution in [3.8, 4) is 0 Å². The molecule has 12 heteroatoms. The van der Waals surface area contributed by atoms with Crippen LogP contribution in [-0.2, 0) is 42.2 Å². The van der Waals surface area contributed by atoms with Crippen molar-refractivity contribution in [2.45, 2.75) is 213 Å². The van der Waals surface area contributed by atoms with E-state index in [0.717, 1.165) is 77.0 Å². The first kappa shape index (κ1) is 66.1. The Labute approximate surface area is 425 Å². The van der Waals surface area contributed by atoms with Gasteiger partial charge in [-0.05, 0) is 83.5 Å². The molecule has 0 heterocycles. The van der Waals surface area contributed by atoms with Crippen LogP contribution in [0.5, 0.6) is 0 Å². The zero-order valence-electron chi connectivity index (χ0n) is 43.7. The number of aliphatic hydroxyl groups excluding tert-OH is 1. The highest BCUT2D eigenvalue weighted by Gasteiger charge is 2.28. The van der Waals surface area contributed by atoms with Gasteiger partial charge in [-0.25, -0.2) is 4.57 Å². The number of rotatable bonds is 48. The molecule has 0 spiro atoms. The summed E-state index contributed by atoms with van der Waals surface area (Å²) >= 11 is 0. The summed E-state index contributed by atoms with van der Waals surface area (Å²) in [6.45, 7) is 4.24. The van der Waals surface area contributed by atoms with E-state index in [0.29, 0.717) is 25.7 Å². The molecular formula is C58H95O11P. The van der Waals surface area contributed by atoms with E-state index in [1.54, 1.807) is 0 Å². The molecule has 0 aliphatic carbocycles. The Morgan fingerprint density at radius 3 is 1.21 bits per heavy atom. The molecular weight excluding hydrogens is 904 g/mol. The highest BCUT2D eigenvalue weighted by Crippen LogP contribution is 2.43. The van der Waals surface area contributed by atoms with E-state index in [9.17, 15) is 28.9 Å². The maximum absolute atomic E-state index is 12.9. The van der Waals surface area contributed by atoms with Crippen molar-refractivity contribution in [1.82, 2.24) is 0 Å². The molecule has 398 valence electrons. The predicted octanol–water partition coefficient (Wildman–Crippen LogP) is 15.5. The fourth-order valence-electron chi connectivity index (χ4n) is 6.70. The number of hydrogen-bond donors (Lipinski definition) is 2. The first-order valence-electron chi connectivity index (χ1n) is 26.8. The first-order valence-corrected chi connectivity index (χ1v) is 28.3. The average molecular weight is 999 g/mol. The summed E-state index contributed by atoms with van der Waals surface area (Å²) < 4.78 is 39.2. The van der Waals surface area contributed by atoms with Gasteiger partial charge in [0.2, 0.25) is 0 Å². The van der Waals surface area contributed by atoms with Gasteiger partial charge in [0.25, 0.3) is 0 Å². The van der Waals surface area contributed by atoms with Crippen LogP contribution in [-0.4, -0.2) is 66.5 Å². The van der Waals surface area contributed by atoms with Crippen LogP contribution >= 0.6 is 7.82 Å². The van der Waals surface area contributed by atoms with Gasteiger partial charge in [-0.2, -0.15) is 0 Å². The van der Waals surface area contributed by atoms with E-state index < -0.39 is 57.8 Å². The van der Waals surface area contributed by atoms with Gasteiger partial charge in [0.05, 0.1) is 19.8 Å². The molecule has 0 aliphatic rings. The molecule has 2 N–H and O–H groups in total. The lowest BCUT2D eigenvalue weighted by Gasteiger charge is -2.21. The summed E-state index contributed by atoms with van der Waals surface area (Å²) in [6.07, 6.45) is 60.8. The fraction of sp³-hybridized carbons (Fsp3) is 0.638. The lowest BCUT2D eigenvalue weighted by Crippen LogP contribution is -2.30. The van der Waals surface area contributed by atoms with Gasteiger partial charge in [-0.15, -0.1) is 0 Å². The molecule has 0 saturated carbocycles. The van der Waals surface area contributed by atoms with Crippen LogP contribution in [0.1, 0.15) is 201 Å². The molecule has 3 unspecified atom stereocenters. The van der Waals surface area contributed by atoms with Crippen LogP contribution < -0.4 is 0 Å². The lowest BCUT2D eigenvalue weighted by atomic mass is 10.0. The van der Waals surface area contributed by atoms with Gasteiger partial charge in [-0.3, -0.25) is 23.4 Å². The Hall–Kier alpha value is -3.86. The summed E-state index contributed by atoms with van der Waals surface area (Å²) in [4.78, 5) is 48.3. The van der Waals surface area contributed by atoms with Crippen molar-refractivity contribution >= 4 is 25.7 Å². The quantitative estimate of drug-likeness (QED) is 0.0197. The standard InChI is InChI=1S/C58H95O11P/c1-4-7-10-13-16-19-22-25-26-27-28-31-34-37-40-43-46-49-58(62)69-55(51-65-56(60)47-44-41-38-35-32-29-23-20-17-14-11-8-5-2)53-67-70(63,64)66-52-54(50-59)68-57(61)48-45-42-39-36-33-30-24-21-18-15-12-9-6-3/h7,9-10,12,16,18-19,21,25-26,28,30-31,33,37,39-40,42,54-55,59H,4-6,8,11,13-15,17,20,22-24,27,29,32,34-36,38,41,43-53H2,1-3H3,(H,63,64)/b10-7-,12-9-,19-16-,21-18-,26-25-,31-28-,33-30-,40-37-,42-39-. The number of hydrogen-bond acceptors (Lipinski definition) is 10. The zero-order valence-corrected chi connectivity index (χ0v) is 44.6. The molecule has 0 aromatic heterocycles. The number of aliphatic hydroxyl groups is 1. The molecule has 0 amide bonds. The molecule has 0 rings (SSSR count). The number of allylic oxidation sites excluding steroid dienone is 18. The Balaban J connectivity index is 4.90. The molecule has 0 aromatic rings. The van der Waals surface area contributed by atoms with Gasteiger partial charge in [0, 0.05) is 19.3 Å². The van der Waals surface area contributed by atoms with Gasteiger partial charge in [0.1, 0.15) is 12.7 Å². The molecule has 70 heavy (non-hydrogen) atoms. The van der Waals surface area contributed by atoms with E-state index in [-0.39, 0.29) is 25.9 Å². The Kier molecular flexibility index (Phi) is 48.7. The van der Waals surface area contributed by atoms with E-state index in [1.165, 1.54) is 57.8 Å². The van der Waals surface area contributed by atoms with Crippen LogP contribution in [0.3, 0.4) is 0 Å². The number of phosphoric acid groups is 1. The van der Waals surface area contributed by atoms with Crippen LogP contribution in [0, 0.1) is 0 Å². The van der Waals surface area contributed by atoms with Crippen LogP contribution in [0.25, 0.3) is 0 Å². The van der Waals surface area contributed by atoms with E-state index in [2.05, 4.69) is 99.8 Å². The van der Waals surface area contributed by atoms with Gasteiger partial charge >= 0.3 is 25.7 Å². The van der Waals surface area contributed by atoms with Crippen molar-refractivity contribution in [1.29, 1.82) is 0 Å². The Bertz CT molecular complexity index is 1590. The van der Waals surface area contributed by atoms with Crippen LogP contribution in [0.4, 0.5) is 0 Å². The third-order valence-electron chi connectivity index (χ3n) is 10.7. The maximum atomic E-state index is 12.9. The Morgan fingerprint density at radius 2 is 0.771 bits per heavy atom.